The van der Waals surface area contributed by atoms with Crippen LogP contribution in [-0.2, 0) is 4.74 Å². The van der Waals surface area contributed by atoms with Crippen LogP contribution < -0.4 is 5.32 Å². The molecule has 2 fully saturated rings. The van der Waals surface area contributed by atoms with E-state index in [1.54, 1.807) is 0 Å². The van der Waals surface area contributed by atoms with Gasteiger partial charge in [0, 0.05) is 31.1 Å². The summed E-state index contributed by atoms with van der Waals surface area (Å²) >= 11 is 2.03. The fourth-order valence-corrected chi connectivity index (χ4v) is 2.53. The normalized spacial score (nSPS) is 33.5. The lowest BCUT2D eigenvalue weighted by molar-refractivity contribution is -0.0722. The van der Waals surface area contributed by atoms with Crippen LogP contribution in [-0.4, -0.2) is 55.4 Å². The predicted molar refractivity (Wildman–Crippen MR) is 50.5 cm³/mol. The summed E-state index contributed by atoms with van der Waals surface area (Å²) < 4.78 is 5.64. The maximum Gasteiger partial charge on any atom is 0.124 e. The van der Waals surface area contributed by atoms with Crippen molar-refractivity contribution in [3.8, 4) is 0 Å². The van der Waals surface area contributed by atoms with E-state index in [1.165, 1.54) is 24.6 Å². The quantitative estimate of drug-likeness (QED) is 0.578. The van der Waals surface area contributed by atoms with Crippen molar-refractivity contribution in [3.05, 3.63) is 0 Å². The third kappa shape index (κ3) is 2.13. The van der Waals surface area contributed by atoms with Crippen molar-refractivity contribution in [2.24, 2.45) is 0 Å². The molecule has 0 bridgehead atoms. The van der Waals surface area contributed by atoms with Gasteiger partial charge in [0.05, 0.1) is 13.2 Å². The highest BCUT2D eigenvalue weighted by Crippen LogP contribution is 2.13. The Kier molecular flexibility index (Phi) is 3.28. The number of hydrogen-bond donors (Lipinski definition) is 0. The second-order valence-corrected chi connectivity index (χ2v) is 4.33. The lowest BCUT2D eigenvalue weighted by atomic mass is 10.4. The lowest BCUT2D eigenvalue weighted by Crippen LogP contribution is -2.49. The Balaban J connectivity index is 1.80. The summed E-state index contributed by atoms with van der Waals surface area (Å²) in [5.41, 5.74) is 0. The van der Waals surface area contributed by atoms with E-state index in [0.29, 0.717) is 6.23 Å². The summed E-state index contributed by atoms with van der Waals surface area (Å²) in [6.07, 6.45) is 0.291. The number of rotatable bonds is 1. The van der Waals surface area contributed by atoms with E-state index < -0.39 is 0 Å². The number of morpholine rings is 1. The van der Waals surface area contributed by atoms with Crippen molar-refractivity contribution in [2.45, 2.75) is 6.23 Å². The minimum atomic E-state index is 0.291. The summed E-state index contributed by atoms with van der Waals surface area (Å²) in [6.45, 7) is 4.92. The highest BCUT2D eigenvalue weighted by atomic mass is 32.2. The van der Waals surface area contributed by atoms with E-state index in [0.717, 1.165) is 19.7 Å². The van der Waals surface area contributed by atoms with E-state index in [9.17, 15) is 0 Å². The molecule has 3 nitrogen and oxygen atoms in total. The van der Waals surface area contributed by atoms with Crippen LogP contribution in [0.3, 0.4) is 0 Å². The second-order valence-electron chi connectivity index (χ2n) is 3.10. The number of nitrogens with zero attached hydrogens (tertiary/aromatic N) is 2. The predicted octanol–water partition coefficient (Wildman–Crippen LogP) is -0.00410. The van der Waals surface area contributed by atoms with Gasteiger partial charge in [0.2, 0.25) is 0 Å². The molecule has 0 spiro atoms. The van der Waals surface area contributed by atoms with Crippen molar-refractivity contribution >= 4 is 11.8 Å². The molecule has 12 heavy (non-hydrogen) atoms. The molecule has 2 rings (SSSR count). The molecule has 1 atom stereocenters. The van der Waals surface area contributed by atoms with Gasteiger partial charge in [0.1, 0.15) is 6.23 Å². The Morgan fingerprint density at radius 1 is 1.33 bits per heavy atom. The molecule has 1 unspecified atom stereocenters. The van der Waals surface area contributed by atoms with Gasteiger partial charge in [-0.15, -0.1) is 0 Å². The van der Waals surface area contributed by atoms with Gasteiger partial charge in [-0.3, -0.25) is 4.90 Å². The number of hydrogen-bond acceptors (Lipinski definition) is 3. The molecular weight excluding hydrogens is 172 g/mol. The second kappa shape index (κ2) is 4.46. The van der Waals surface area contributed by atoms with E-state index in [4.69, 9.17) is 4.74 Å². The van der Waals surface area contributed by atoms with E-state index in [-0.39, 0.29) is 0 Å². The van der Waals surface area contributed by atoms with Crippen LogP contribution in [0.5, 0.6) is 0 Å². The SMILES string of the molecule is C1COC(N2CCSCC2)C[N]1. The molecule has 0 N–H and O–H groups in total. The third-order valence-corrected chi connectivity index (χ3v) is 3.24. The van der Waals surface area contributed by atoms with Gasteiger partial charge in [0.25, 0.3) is 0 Å². The van der Waals surface area contributed by atoms with Crippen molar-refractivity contribution in [1.29, 1.82) is 0 Å². The molecule has 2 saturated heterocycles. The Labute approximate surface area is 77.8 Å². The zero-order valence-electron chi connectivity index (χ0n) is 7.24. The molecule has 0 amide bonds. The largest absolute Gasteiger partial charge is 0.360 e. The first-order valence-electron chi connectivity index (χ1n) is 4.53. The molecule has 2 aliphatic heterocycles. The molecule has 4 heteroatoms. The standard InChI is InChI=1S/C8H15N2OS/c1-4-11-8(7-9-1)10-2-5-12-6-3-10/h8H,1-7H2. The van der Waals surface area contributed by atoms with Crippen molar-refractivity contribution in [2.75, 3.05) is 44.3 Å². The Morgan fingerprint density at radius 3 is 2.83 bits per heavy atom. The van der Waals surface area contributed by atoms with Crippen LogP contribution in [0.1, 0.15) is 0 Å². The maximum absolute atomic E-state index is 5.64. The Bertz CT molecular complexity index is 117. The highest BCUT2D eigenvalue weighted by Gasteiger charge is 2.23. The van der Waals surface area contributed by atoms with Gasteiger partial charge >= 0.3 is 0 Å². The smallest absolute Gasteiger partial charge is 0.124 e. The minimum absolute atomic E-state index is 0.291. The molecular formula is C8H15N2OS. The third-order valence-electron chi connectivity index (χ3n) is 2.30. The van der Waals surface area contributed by atoms with E-state index in [2.05, 4.69) is 10.2 Å². The summed E-state index contributed by atoms with van der Waals surface area (Å²) in [5, 5.41) is 4.36. The van der Waals surface area contributed by atoms with Crippen molar-refractivity contribution in [3.63, 3.8) is 0 Å². The molecule has 69 valence electrons. The van der Waals surface area contributed by atoms with Crippen molar-refractivity contribution < 1.29 is 4.74 Å². The molecule has 0 aromatic carbocycles. The lowest BCUT2D eigenvalue weighted by Gasteiger charge is -2.35. The topological polar surface area (TPSA) is 26.6 Å². The maximum atomic E-state index is 5.64. The minimum Gasteiger partial charge on any atom is -0.360 e. The van der Waals surface area contributed by atoms with Gasteiger partial charge in [-0.25, -0.2) is 5.32 Å². The summed E-state index contributed by atoms with van der Waals surface area (Å²) in [7, 11) is 0. The number of ether oxygens (including phenoxy) is 1. The first-order valence-corrected chi connectivity index (χ1v) is 5.69. The average Bonchev–Trinajstić information content (AvgIpc) is 2.21. The molecule has 0 aliphatic carbocycles. The zero-order chi connectivity index (χ0) is 8.23. The Hall–Kier alpha value is 0.230. The molecule has 2 heterocycles. The van der Waals surface area contributed by atoms with Crippen LogP contribution in [0, 0.1) is 0 Å². The summed E-state index contributed by atoms with van der Waals surface area (Å²) in [4.78, 5) is 2.42. The first-order chi connectivity index (χ1) is 5.97. The summed E-state index contributed by atoms with van der Waals surface area (Å²) in [5.74, 6) is 2.50. The van der Waals surface area contributed by atoms with Crippen molar-refractivity contribution in [1.82, 2.24) is 10.2 Å². The van der Waals surface area contributed by atoms with E-state index >= 15 is 0 Å². The Morgan fingerprint density at radius 2 is 2.17 bits per heavy atom. The van der Waals surface area contributed by atoms with Crippen LogP contribution in [0.25, 0.3) is 0 Å². The number of thioether (sulfide) groups is 1. The zero-order valence-corrected chi connectivity index (χ0v) is 8.05. The first kappa shape index (κ1) is 8.81. The molecule has 2 aliphatic rings. The highest BCUT2D eigenvalue weighted by molar-refractivity contribution is 7.99. The van der Waals surface area contributed by atoms with E-state index in [1.807, 2.05) is 11.8 Å². The van der Waals surface area contributed by atoms with Crippen LogP contribution >= 0.6 is 11.8 Å². The fourth-order valence-electron chi connectivity index (χ4n) is 1.59. The molecule has 0 aromatic heterocycles. The van der Waals surface area contributed by atoms with Gasteiger partial charge in [-0.1, -0.05) is 0 Å². The monoisotopic (exact) mass is 187 g/mol. The van der Waals surface area contributed by atoms with Crippen LogP contribution in [0.15, 0.2) is 0 Å². The molecule has 1 radical (unpaired) electrons. The molecule has 0 aromatic rings. The van der Waals surface area contributed by atoms with Gasteiger partial charge < -0.3 is 4.74 Å². The summed E-state index contributed by atoms with van der Waals surface area (Å²) in [6, 6.07) is 0. The van der Waals surface area contributed by atoms with Gasteiger partial charge in [-0.2, -0.15) is 11.8 Å². The van der Waals surface area contributed by atoms with Gasteiger partial charge in [-0.05, 0) is 0 Å². The average molecular weight is 187 g/mol. The molecule has 0 saturated carbocycles. The van der Waals surface area contributed by atoms with Gasteiger partial charge in [0.15, 0.2) is 0 Å². The van der Waals surface area contributed by atoms with Crippen LogP contribution in [0.4, 0.5) is 0 Å². The fraction of sp³-hybridized carbons (Fsp3) is 1.00. The van der Waals surface area contributed by atoms with Crippen LogP contribution in [0.2, 0.25) is 0 Å².